The molecule has 44 heavy (non-hydrogen) atoms. The Balaban J connectivity index is 1.70. The lowest BCUT2D eigenvalue weighted by Crippen LogP contribution is -2.62. The number of halogens is 6. The molecule has 4 rings (SSSR count). The van der Waals surface area contributed by atoms with Crippen LogP contribution in [0.15, 0.2) is 35.6 Å². The number of hydrogen-bond donors (Lipinski definition) is 2. The zero-order valence-corrected chi connectivity index (χ0v) is 24.2. The van der Waals surface area contributed by atoms with E-state index in [9.17, 15) is 44.7 Å². The van der Waals surface area contributed by atoms with Gasteiger partial charge in [-0.2, -0.15) is 30.6 Å². The van der Waals surface area contributed by atoms with Crippen LogP contribution in [0.4, 0.5) is 38.1 Å². The van der Waals surface area contributed by atoms with Crippen molar-refractivity contribution in [2.24, 2.45) is 0 Å². The number of morpholine rings is 1. The normalized spacial score (nSPS) is 23.1. The molecule has 0 aliphatic carbocycles. The third-order valence-corrected chi connectivity index (χ3v) is 9.64. The Bertz CT molecular complexity index is 1380. The molecular formula is C25H31F6N7O5S. The Morgan fingerprint density at radius 2 is 1.64 bits per heavy atom. The third-order valence-electron chi connectivity index (χ3n) is 7.80. The second-order valence-electron chi connectivity index (χ2n) is 10.5. The number of aromatic nitrogens is 3. The summed E-state index contributed by atoms with van der Waals surface area (Å²) in [6.45, 7) is 2.19. The van der Waals surface area contributed by atoms with Gasteiger partial charge in [-0.25, -0.2) is 23.4 Å². The van der Waals surface area contributed by atoms with Crippen molar-refractivity contribution in [3.8, 4) is 0 Å². The summed E-state index contributed by atoms with van der Waals surface area (Å²) >= 11 is 0. The van der Waals surface area contributed by atoms with Gasteiger partial charge in [0, 0.05) is 68.8 Å². The Kier molecular flexibility index (Phi) is 9.74. The predicted octanol–water partition coefficient (Wildman–Crippen LogP) is 1.71. The van der Waals surface area contributed by atoms with Crippen LogP contribution in [0.1, 0.15) is 25.3 Å². The average Bonchev–Trinajstić information content (AvgIpc) is 2.97. The number of piperazine rings is 1. The average molecular weight is 656 g/mol. The molecule has 0 bridgehead atoms. The predicted molar refractivity (Wildman–Crippen MR) is 143 cm³/mol. The highest BCUT2D eigenvalue weighted by Gasteiger charge is 2.71. The van der Waals surface area contributed by atoms with Gasteiger partial charge in [-0.1, -0.05) is 6.92 Å². The van der Waals surface area contributed by atoms with Crippen LogP contribution < -0.4 is 10.6 Å². The van der Waals surface area contributed by atoms with Gasteiger partial charge in [-0.3, -0.25) is 4.90 Å². The maximum Gasteiger partial charge on any atom is 0.430 e. The number of alkyl halides is 6. The highest BCUT2D eigenvalue weighted by Crippen LogP contribution is 2.49. The number of hydrogen-bond acceptors (Lipinski definition) is 11. The lowest BCUT2D eigenvalue weighted by atomic mass is 9.95. The monoisotopic (exact) mass is 655 g/mol. The fourth-order valence-electron chi connectivity index (χ4n) is 5.34. The topological polar surface area (TPSA) is 155 Å². The van der Waals surface area contributed by atoms with Crippen LogP contribution in [-0.2, 0) is 25.2 Å². The molecule has 0 amide bonds. The van der Waals surface area contributed by atoms with Crippen molar-refractivity contribution in [3.05, 3.63) is 36.3 Å². The number of sulfonamides is 1. The molecule has 4 heterocycles. The first-order valence-electron chi connectivity index (χ1n) is 13.5. The number of nitrogens with two attached hydrogens (primary N) is 1. The lowest BCUT2D eigenvalue weighted by molar-refractivity contribution is -0.376. The first-order chi connectivity index (χ1) is 20.5. The van der Waals surface area contributed by atoms with Gasteiger partial charge in [0.25, 0.3) is 5.60 Å². The molecule has 3 N–H and O–H groups in total. The van der Waals surface area contributed by atoms with Crippen molar-refractivity contribution >= 4 is 28.1 Å². The second kappa shape index (κ2) is 12.7. The van der Waals surface area contributed by atoms with E-state index in [2.05, 4.69) is 15.0 Å². The van der Waals surface area contributed by atoms with Crippen molar-refractivity contribution < 1.29 is 49.4 Å². The summed E-state index contributed by atoms with van der Waals surface area (Å²) in [7, 11) is -4.09. The zero-order chi connectivity index (χ0) is 32.5. The van der Waals surface area contributed by atoms with E-state index in [1.807, 2.05) is 11.8 Å². The number of aldehydes is 1. The minimum absolute atomic E-state index is 0.0894. The van der Waals surface area contributed by atoms with Gasteiger partial charge in [0.1, 0.15) is 17.0 Å². The summed E-state index contributed by atoms with van der Waals surface area (Å²) in [5, 5.41) is 9.73. The van der Waals surface area contributed by atoms with Crippen molar-refractivity contribution in [2.75, 3.05) is 50.0 Å². The number of nitrogens with zero attached hydrogens (tertiary/aromatic N) is 6. The summed E-state index contributed by atoms with van der Waals surface area (Å²) in [4.78, 5) is 26.1. The minimum atomic E-state index is -6.12. The molecular weight excluding hydrogens is 624 g/mol. The van der Waals surface area contributed by atoms with Gasteiger partial charge in [-0.15, -0.1) is 0 Å². The Morgan fingerprint density at radius 1 is 1.00 bits per heavy atom. The highest BCUT2D eigenvalue weighted by atomic mass is 32.2. The van der Waals surface area contributed by atoms with Crippen LogP contribution in [0, 0.1) is 0 Å². The van der Waals surface area contributed by atoms with Crippen LogP contribution >= 0.6 is 0 Å². The summed E-state index contributed by atoms with van der Waals surface area (Å²) in [6, 6.07) is 1.32. The van der Waals surface area contributed by atoms with E-state index in [1.165, 1.54) is 21.3 Å². The molecule has 2 aromatic heterocycles. The number of carbonyl (C=O) groups is 1. The van der Waals surface area contributed by atoms with E-state index >= 15 is 0 Å². The van der Waals surface area contributed by atoms with Crippen molar-refractivity contribution in [1.29, 1.82) is 0 Å². The number of rotatable bonds is 9. The largest absolute Gasteiger partial charge is 0.430 e. The molecule has 19 heteroatoms. The SMILES string of the molecule is CCC1COCC(CC=O)N1C[C@H]1CN(S(=O)(=O)c2ccc(N)nc2)CCN1c1ncc(C(O)(C(F)(F)F)C(F)(F)F)cn1. The van der Waals surface area contributed by atoms with Crippen LogP contribution in [0.3, 0.4) is 0 Å². The van der Waals surface area contributed by atoms with Gasteiger partial charge < -0.3 is 25.3 Å². The zero-order valence-electron chi connectivity index (χ0n) is 23.4. The molecule has 2 aliphatic heterocycles. The van der Waals surface area contributed by atoms with Crippen molar-refractivity contribution in [3.63, 3.8) is 0 Å². The molecule has 2 fully saturated rings. The van der Waals surface area contributed by atoms with Crippen LogP contribution in [0.5, 0.6) is 0 Å². The molecule has 2 saturated heterocycles. The number of pyridine rings is 1. The summed E-state index contributed by atoms with van der Waals surface area (Å²) < 4.78 is 114. The quantitative estimate of drug-likeness (QED) is 0.300. The first kappa shape index (κ1) is 33.8. The number of anilines is 2. The Hall–Kier alpha value is -3.13. The molecule has 2 unspecified atom stereocenters. The first-order valence-corrected chi connectivity index (χ1v) is 14.9. The second-order valence-corrected chi connectivity index (χ2v) is 12.4. The van der Waals surface area contributed by atoms with Crippen LogP contribution in [-0.4, -0.2) is 114 Å². The molecule has 0 radical (unpaired) electrons. The standard InChI is InChI=1S/C25H31F6N7O5S/c1-2-17-14-43-15-18(5-8-39)38(17)13-19-12-36(44(41,42)20-3-4-21(32)33-11-20)6-7-37(19)22-34-9-16(10-35-22)23(40,24(26,27)28)25(29,30)31/h3-4,8-11,17-19,40H,2,5-7,12-15H2,1H3,(H2,32,33)/t17?,18?,19-/m1/s1. The molecule has 2 aliphatic rings. The maximum atomic E-state index is 13.5. The summed E-state index contributed by atoms with van der Waals surface area (Å²) in [5.41, 5.74) is -1.25. The molecule has 0 spiro atoms. The molecule has 12 nitrogen and oxygen atoms in total. The fourth-order valence-corrected chi connectivity index (χ4v) is 6.75. The van der Waals surface area contributed by atoms with Gasteiger partial charge in [-0.05, 0) is 18.6 Å². The number of aliphatic hydroxyl groups is 1. The smallest absolute Gasteiger partial charge is 0.384 e. The van der Waals surface area contributed by atoms with Crippen molar-refractivity contribution in [1.82, 2.24) is 24.2 Å². The van der Waals surface area contributed by atoms with Crippen LogP contribution in [0.2, 0.25) is 0 Å². The van der Waals surface area contributed by atoms with Gasteiger partial charge >= 0.3 is 12.4 Å². The van der Waals surface area contributed by atoms with E-state index in [0.29, 0.717) is 13.0 Å². The molecule has 2 aromatic rings. The number of nitrogen functional groups attached to an aromatic ring is 1. The van der Waals surface area contributed by atoms with E-state index in [0.717, 1.165) is 12.5 Å². The Labute approximate surface area is 248 Å². The van der Waals surface area contributed by atoms with Crippen LogP contribution in [0.25, 0.3) is 0 Å². The summed E-state index contributed by atoms with van der Waals surface area (Å²) in [6.07, 6.45) is -9.17. The molecule has 0 saturated carbocycles. The van der Waals surface area contributed by atoms with Gasteiger partial charge in [0.2, 0.25) is 16.0 Å². The number of ether oxygens (including phenoxy) is 1. The molecule has 244 valence electrons. The van der Waals surface area contributed by atoms with Gasteiger partial charge in [0.05, 0.1) is 19.3 Å². The Morgan fingerprint density at radius 3 is 2.18 bits per heavy atom. The minimum Gasteiger partial charge on any atom is -0.384 e. The summed E-state index contributed by atoms with van der Waals surface area (Å²) in [5.74, 6) is -0.167. The van der Waals surface area contributed by atoms with E-state index in [1.54, 1.807) is 0 Å². The van der Waals surface area contributed by atoms with E-state index < -0.39 is 39.6 Å². The maximum absolute atomic E-state index is 13.5. The lowest BCUT2D eigenvalue weighted by Gasteiger charge is -2.47. The number of carbonyl (C=O) groups excluding carboxylic acids is 1. The highest BCUT2D eigenvalue weighted by molar-refractivity contribution is 7.89. The molecule has 0 aromatic carbocycles. The third kappa shape index (κ3) is 6.46. The van der Waals surface area contributed by atoms with E-state index in [4.69, 9.17) is 10.5 Å². The molecule has 3 atom stereocenters. The van der Waals surface area contributed by atoms with Crippen molar-refractivity contribution in [2.45, 2.75) is 60.7 Å². The fraction of sp³-hybridized carbons (Fsp3) is 0.600. The van der Waals surface area contributed by atoms with E-state index in [-0.39, 0.29) is 80.3 Å². The van der Waals surface area contributed by atoms with Gasteiger partial charge in [0.15, 0.2) is 0 Å².